The minimum atomic E-state index is -0.444. The lowest BCUT2D eigenvalue weighted by Gasteiger charge is -2.17. The van der Waals surface area contributed by atoms with Crippen LogP contribution in [0.3, 0.4) is 0 Å². The SMILES string of the molecule is C/C=[N+]1\C(=O)NC(=O)N[C@@H]1C. The van der Waals surface area contributed by atoms with E-state index in [0.29, 0.717) is 0 Å². The van der Waals surface area contributed by atoms with Gasteiger partial charge in [0.15, 0.2) is 6.17 Å². The van der Waals surface area contributed by atoms with E-state index >= 15 is 0 Å². The summed E-state index contributed by atoms with van der Waals surface area (Å²) in [5.41, 5.74) is 0. The van der Waals surface area contributed by atoms with E-state index in [1.807, 2.05) is 0 Å². The Balaban J connectivity index is 2.83. The molecule has 0 spiro atoms. The zero-order valence-corrected chi connectivity index (χ0v) is 6.42. The van der Waals surface area contributed by atoms with Crippen molar-refractivity contribution in [1.82, 2.24) is 10.6 Å². The number of nitrogens with zero attached hydrogens (tertiary/aromatic N) is 1. The van der Waals surface area contributed by atoms with Gasteiger partial charge in [-0.2, -0.15) is 14.7 Å². The Kier molecular flexibility index (Phi) is 1.89. The van der Waals surface area contributed by atoms with Crippen LogP contribution in [0, 0.1) is 0 Å². The fourth-order valence-corrected chi connectivity index (χ4v) is 0.974. The molecule has 0 aromatic carbocycles. The van der Waals surface area contributed by atoms with Gasteiger partial charge in [-0.25, -0.2) is 4.79 Å². The molecule has 0 aromatic heterocycles. The maximum Gasteiger partial charge on any atom is 0.501 e. The average Bonchev–Trinajstić information content (AvgIpc) is 1.85. The second-order valence-corrected chi connectivity index (χ2v) is 2.25. The molecule has 0 bridgehead atoms. The van der Waals surface area contributed by atoms with Gasteiger partial charge in [-0.05, 0) is 13.8 Å². The van der Waals surface area contributed by atoms with Crippen molar-refractivity contribution in [3.8, 4) is 0 Å². The van der Waals surface area contributed by atoms with E-state index in [1.54, 1.807) is 20.1 Å². The summed E-state index contributed by atoms with van der Waals surface area (Å²) in [5, 5.41) is 4.65. The van der Waals surface area contributed by atoms with Crippen LogP contribution in [0.15, 0.2) is 0 Å². The summed E-state index contributed by atoms with van der Waals surface area (Å²) in [6.07, 6.45) is 1.35. The topological polar surface area (TPSA) is 61.2 Å². The van der Waals surface area contributed by atoms with E-state index < -0.39 is 6.03 Å². The van der Waals surface area contributed by atoms with Gasteiger partial charge in [0.2, 0.25) is 0 Å². The van der Waals surface area contributed by atoms with Gasteiger partial charge >= 0.3 is 12.1 Å². The molecule has 4 amide bonds. The number of urea groups is 2. The molecule has 5 heteroatoms. The molecular weight excluding hydrogens is 146 g/mol. The Morgan fingerprint density at radius 1 is 1.55 bits per heavy atom. The number of nitrogens with one attached hydrogen (secondary N) is 2. The first kappa shape index (κ1) is 7.71. The highest BCUT2D eigenvalue weighted by atomic mass is 16.2. The minimum Gasteiger partial charge on any atom is -0.279 e. The molecule has 2 N–H and O–H groups in total. The highest BCUT2D eigenvalue weighted by Crippen LogP contribution is 1.92. The van der Waals surface area contributed by atoms with E-state index in [9.17, 15) is 9.59 Å². The van der Waals surface area contributed by atoms with Crippen molar-refractivity contribution in [3.63, 3.8) is 0 Å². The molecule has 1 atom stereocenters. The number of hydrogen-bond acceptors (Lipinski definition) is 2. The molecule has 1 heterocycles. The van der Waals surface area contributed by atoms with Crippen molar-refractivity contribution in [2.45, 2.75) is 20.0 Å². The first-order valence-electron chi connectivity index (χ1n) is 3.34. The van der Waals surface area contributed by atoms with Crippen LogP contribution in [0.4, 0.5) is 9.59 Å². The average molecular weight is 156 g/mol. The molecule has 60 valence electrons. The van der Waals surface area contributed by atoms with Crippen LogP contribution in [0.25, 0.3) is 0 Å². The lowest BCUT2D eigenvalue weighted by atomic mass is 10.4. The molecule has 11 heavy (non-hydrogen) atoms. The first-order chi connectivity index (χ1) is 5.15. The third-order valence-electron chi connectivity index (χ3n) is 1.49. The number of imide groups is 1. The Morgan fingerprint density at radius 2 is 2.18 bits per heavy atom. The van der Waals surface area contributed by atoms with Gasteiger partial charge in [0.25, 0.3) is 0 Å². The summed E-state index contributed by atoms with van der Waals surface area (Å²) in [5.74, 6) is 0. The molecule has 5 nitrogen and oxygen atoms in total. The van der Waals surface area contributed by atoms with Crippen molar-refractivity contribution in [2.24, 2.45) is 0 Å². The van der Waals surface area contributed by atoms with Crippen LogP contribution in [-0.4, -0.2) is 29.0 Å². The molecule has 1 fully saturated rings. The molecule has 1 aliphatic heterocycles. The first-order valence-corrected chi connectivity index (χ1v) is 3.34. The fraction of sp³-hybridized carbons (Fsp3) is 0.500. The number of rotatable bonds is 0. The van der Waals surface area contributed by atoms with Crippen molar-refractivity contribution in [2.75, 3.05) is 0 Å². The van der Waals surface area contributed by atoms with Gasteiger partial charge in [-0.1, -0.05) is 0 Å². The highest BCUT2D eigenvalue weighted by molar-refractivity contribution is 5.92. The molecule has 0 radical (unpaired) electrons. The van der Waals surface area contributed by atoms with E-state index in [2.05, 4.69) is 10.6 Å². The molecule has 1 rings (SSSR count). The van der Waals surface area contributed by atoms with E-state index in [4.69, 9.17) is 0 Å². The minimum absolute atomic E-state index is 0.263. The summed E-state index contributed by atoms with van der Waals surface area (Å²) in [6.45, 7) is 3.46. The van der Waals surface area contributed by atoms with Crippen LogP contribution in [-0.2, 0) is 0 Å². The van der Waals surface area contributed by atoms with Gasteiger partial charge in [0, 0.05) is 0 Å². The second kappa shape index (κ2) is 2.69. The third kappa shape index (κ3) is 1.36. The Morgan fingerprint density at radius 3 is 2.64 bits per heavy atom. The van der Waals surface area contributed by atoms with Crippen molar-refractivity contribution in [3.05, 3.63) is 0 Å². The zero-order valence-electron chi connectivity index (χ0n) is 6.42. The predicted molar refractivity (Wildman–Crippen MR) is 38.5 cm³/mol. The van der Waals surface area contributed by atoms with Gasteiger partial charge in [0.05, 0.1) is 6.21 Å². The Bertz CT molecular complexity index is 234. The third-order valence-corrected chi connectivity index (χ3v) is 1.49. The van der Waals surface area contributed by atoms with E-state index in [0.717, 1.165) is 0 Å². The molecule has 0 unspecified atom stereocenters. The molecule has 0 aliphatic carbocycles. The predicted octanol–water partition coefficient (Wildman–Crippen LogP) is -0.132. The largest absolute Gasteiger partial charge is 0.501 e. The van der Waals surface area contributed by atoms with Gasteiger partial charge in [-0.3, -0.25) is 5.32 Å². The fourth-order valence-electron chi connectivity index (χ4n) is 0.974. The van der Waals surface area contributed by atoms with Crippen molar-refractivity contribution >= 4 is 18.3 Å². The molecule has 1 aliphatic rings. The quantitative estimate of drug-likeness (QED) is 0.480. The smallest absolute Gasteiger partial charge is 0.279 e. The lowest BCUT2D eigenvalue weighted by molar-refractivity contribution is -0.472. The van der Waals surface area contributed by atoms with Crippen LogP contribution in [0.2, 0.25) is 0 Å². The Labute approximate surface area is 64.1 Å². The summed E-state index contributed by atoms with van der Waals surface area (Å²) in [4.78, 5) is 21.6. The highest BCUT2D eigenvalue weighted by Gasteiger charge is 2.31. The van der Waals surface area contributed by atoms with Crippen LogP contribution < -0.4 is 10.6 Å². The normalized spacial score (nSPS) is 28.2. The molecular formula is C6H10N3O2+. The summed E-state index contributed by atoms with van der Waals surface area (Å²) in [7, 11) is 0. The van der Waals surface area contributed by atoms with Gasteiger partial charge < -0.3 is 0 Å². The monoisotopic (exact) mass is 156 g/mol. The number of carbonyl (C=O) groups is 2. The summed E-state index contributed by atoms with van der Waals surface area (Å²) < 4.78 is 1.40. The lowest BCUT2D eigenvalue weighted by Crippen LogP contribution is -2.58. The van der Waals surface area contributed by atoms with Crippen LogP contribution in [0.1, 0.15) is 13.8 Å². The van der Waals surface area contributed by atoms with Gasteiger partial charge in [-0.15, -0.1) is 0 Å². The zero-order chi connectivity index (χ0) is 8.43. The van der Waals surface area contributed by atoms with E-state index in [1.165, 1.54) is 4.58 Å². The number of hydrogen-bond donors (Lipinski definition) is 2. The second-order valence-electron chi connectivity index (χ2n) is 2.25. The van der Waals surface area contributed by atoms with E-state index in [-0.39, 0.29) is 12.2 Å². The van der Waals surface area contributed by atoms with Crippen molar-refractivity contribution in [1.29, 1.82) is 0 Å². The maximum atomic E-state index is 11.0. The van der Waals surface area contributed by atoms with Crippen LogP contribution in [0.5, 0.6) is 0 Å². The summed E-state index contributed by atoms with van der Waals surface area (Å²) >= 11 is 0. The standard InChI is InChI=1S/C6H9N3O2/c1-3-9-4(2)7-5(10)8-6(9)11/h3-4H,1-2H3,(H-,7,8,10,11)/p+1/b9-3-/t4-/m0/s1. The maximum absolute atomic E-state index is 11.0. The van der Waals surface area contributed by atoms with Gasteiger partial charge in [0.1, 0.15) is 0 Å². The molecule has 0 saturated carbocycles. The Hall–Kier alpha value is -1.39. The number of carbonyl (C=O) groups excluding carboxylic acids is 2. The van der Waals surface area contributed by atoms with Crippen LogP contribution >= 0.6 is 0 Å². The summed E-state index contributed by atoms with van der Waals surface area (Å²) in [6, 6.07) is -0.829. The molecule has 0 aromatic rings. The molecule has 1 saturated heterocycles. The number of amides is 4. The van der Waals surface area contributed by atoms with Crippen molar-refractivity contribution < 1.29 is 14.2 Å².